The monoisotopic (exact) mass is 277 g/mol. The Bertz CT molecular complexity index is 723. The largest absolute Gasteiger partial charge is 0.265 e. The van der Waals surface area contributed by atoms with E-state index in [1.807, 2.05) is 6.07 Å². The van der Waals surface area contributed by atoms with Crippen LogP contribution in [-0.4, -0.2) is 15.2 Å². The third-order valence-electron chi connectivity index (χ3n) is 3.59. The van der Waals surface area contributed by atoms with E-state index in [-0.39, 0.29) is 5.41 Å². The lowest BCUT2D eigenvalue weighted by molar-refractivity contribution is 0.592. The van der Waals surface area contributed by atoms with Crippen LogP contribution in [0.2, 0.25) is 0 Å². The molecule has 0 aliphatic heterocycles. The van der Waals surface area contributed by atoms with Crippen molar-refractivity contribution in [1.82, 2.24) is 15.2 Å². The lowest BCUT2D eigenvalue weighted by atomic mass is 9.81. The van der Waals surface area contributed by atoms with Crippen LogP contribution in [0.3, 0.4) is 0 Å². The summed E-state index contributed by atoms with van der Waals surface area (Å²) in [5, 5.41) is 6.95. The predicted octanol–water partition coefficient (Wildman–Crippen LogP) is 4.44. The molecular formula is C18H19N3. The molecule has 3 aromatic rings. The smallest absolute Gasteiger partial charge is 0.180 e. The first kappa shape index (κ1) is 13.6. The number of hydrogen-bond acceptors (Lipinski definition) is 2. The summed E-state index contributed by atoms with van der Waals surface area (Å²) in [6.45, 7) is 6.70. The molecule has 1 N–H and O–H groups in total. The molecule has 2 aromatic carbocycles. The Balaban J connectivity index is 2.18. The van der Waals surface area contributed by atoms with Gasteiger partial charge in [-0.15, -0.1) is 0 Å². The number of nitrogens with one attached hydrogen (secondary N) is 1. The van der Waals surface area contributed by atoms with Crippen molar-refractivity contribution < 1.29 is 0 Å². The molecule has 21 heavy (non-hydrogen) atoms. The zero-order chi connectivity index (χ0) is 14.9. The fourth-order valence-electron chi connectivity index (χ4n) is 2.52. The van der Waals surface area contributed by atoms with Crippen molar-refractivity contribution in [1.29, 1.82) is 0 Å². The molecule has 0 fully saturated rings. The zero-order valence-corrected chi connectivity index (χ0v) is 12.6. The van der Waals surface area contributed by atoms with Gasteiger partial charge in [0.05, 0.1) is 0 Å². The highest BCUT2D eigenvalue weighted by Crippen LogP contribution is 2.35. The number of H-pyrrole nitrogens is 1. The third kappa shape index (κ3) is 2.72. The van der Waals surface area contributed by atoms with Crippen molar-refractivity contribution in [3.63, 3.8) is 0 Å². The quantitative estimate of drug-likeness (QED) is 0.752. The molecule has 0 saturated carbocycles. The second kappa shape index (κ2) is 5.17. The van der Waals surface area contributed by atoms with Crippen LogP contribution >= 0.6 is 0 Å². The van der Waals surface area contributed by atoms with Gasteiger partial charge in [-0.2, -0.15) is 5.10 Å². The van der Waals surface area contributed by atoms with Gasteiger partial charge in [0, 0.05) is 5.56 Å². The molecule has 0 unspecified atom stereocenters. The minimum Gasteiger partial charge on any atom is -0.265 e. The molecule has 0 atom stereocenters. The molecule has 0 radical (unpaired) electrons. The number of aromatic nitrogens is 3. The highest BCUT2D eigenvalue weighted by molar-refractivity contribution is 5.72. The maximum absolute atomic E-state index is 4.25. The number of hydrogen-bond donors (Lipinski definition) is 1. The van der Waals surface area contributed by atoms with Gasteiger partial charge in [0.25, 0.3) is 0 Å². The third-order valence-corrected chi connectivity index (χ3v) is 3.59. The number of rotatable bonds is 2. The Kier molecular flexibility index (Phi) is 3.34. The van der Waals surface area contributed by atoms with Gasteiger partial charge >= 0.3 is 0 Å². The van der Waals surface area contributed by atoms with Crippen LogP contribution in [-0.2, 0) is 5.41 Å². The van der Waals surface area contributed by atoms with Gasteiger partial charge in [-0.1, -0.05) is 63.2 Å². The molecule has 0 spiro atoms. The van der Waals surface area contributed by atoms with Gasteiger partial charge in [-0.3, -0.25) is 5.10 Å². The topological polar surface area (TPSA) is 41.6 Å². The van der Waals surface area contributed by atoms with Gasteiger partial charge in [0.2, 0.25) is 0 Å². The van der Waals surface area contributed by atoms with E-state index in [9.17, 15) is 0 Å². The van der Waals surface area contributed by atoms with Crippen molar-refractivity contribution in [3.8, 4) is 22.5 Å². The van der Waals surface area contributed by atoms with E-state index in [1.165, 1.54) is 16.7 Å². The molecule has 1 aromatic heterocycles. The minimum absolute atomic E-state index is 0.0531. The molecule has 0 saturated heterocycles. The van der Waals surface area contributed by atoms with Crippen LogP contribution in [0.1, 0.15) is 26.3 Å². The van der Waals surface area contributed by atoms with Crippen LogP contribution in [0.25, 0.3) is 22.5 Å². The molecule has 0 amide bonds. The summed E-state index contributed by atoms with van der Waals surface area (Å²) >= 11 is 0. The molecule has 1 heterocycles. The van der Waals surface area contributed by atoms with Crippen LogP contribution < -0.4 is 0 Å². The van der Waals surface area contributed by atoms with Gasteiger partial charge in [0.1, 0.15) is 6.33 Å². The van der Waals surface area contributed by atoms with E-state index in [0.717, 1.165) is 11.4 Å². The maximum Gasteiger partial charge on any atom is 0.180 e. The number of nitrogens with zero attached hydrogens (tertiary/aromatic N) is 2. The van der Waals surface area contributed by atoms with Crippen molar-refractivity contribution in [2.75, 3.05) is 0 Å². The Morgan fingerprint density at radius 2 is 1.67 bits per heavy atom. The fourth-order valence-corrected chi connectivity index (χ4v) is 2.52. The summed E-state index contributed by atoms with van der Waals surface area (Å²) in [5.74, 6) is 0.736. The summed E-state index contributed by atoms with van der Waals surface area (Å²) in [4.78, 5) is 4.25. The van der Waals surface area contributed by atoms with Crippen molar-refractivity contribution >= 4 is 0 Å². The highest BCUT2D eigenvalue weighted by atomic mass is 15.2. The highest BCUT2D eigenvalue weighted by Gasteiger charge is 2.20. The van der Waals surface area contributed by atoms with E-state index in [1.54, 1.807) is 6.33 Å². The molecular weight excluding hydrogens is 258 g/mol. The average molecular weight is 277 g/mol. The first-order valence-corrected chi connectivity index (χ1v) is 7.12. The summed E-state index contributed by atoms with van der Waals surface area (Å²) in [7, 11) is 0. The molecule has 3 heteroatoms. The Morgan fingerprint density at radius 1 is 0.905 bits per heavy atom. The number of benzene rings is 2. The lowest BCUT2D eigenvalue weighted by Gasteiger charge is -2.24. The Labute approximate surface area is 125 Å². The maximum atomic E-state index is 4.25. The standard InChI is InChI=1S/C18H19N3/c1-18(2,3)16-11-14(17-19-12-20-21-17)9-10-15(16)13-7-5-4-6-8-13/h4-12H,1-3H3,(H,19,20,21). The molecule has 106 valence electrons. The molecule has 3 rings (SSSR count). The predicted molar refractivity (Wildman–Crippen MR) is 86.0 cm³/mol. The Morgan fingerprint density at radius 3 is 2.29 bits per heavy atom. The average Bonchev–Trinajstić information content (AvgIpc) is 3.01. The van der Waals surface area contributed by atoms with Crippen molar-refractivity contribution in [2.45, 2.75) is 26.2 Å². The minimum atomic E-state index is 0.0531. The molecule has 0 aliphatic carbocycles. The van der Waals surface area contributed by atoms with E-state index >= 15 is 0 Å². The van der Waals surface area contributed by atoms with E-state index in [4.69, 9.17) is 0 Å². The molecule has 3 nitrogen and oxygen atoms in total. The van der Waals surface area contributed by atoms with Crippen LogP contribution in [0.15, 0.2) is 54.9 Å². The summed E-state index contributed by atoms with van der Waals surface area (Å²) in [6, 6.07) is 16.9. The van der Waals surface area contributed by atoms with E-state index < -0.39 is 0 Å². The summed E-state index contributed by atoms with van der Waals surface area (Å²) < 4.78 is 0. The van der Waals surface area contributed by atoms with Crippen LogP contribution in [0, 0.1) is 0 Å². The van der Waals surface area contributed by atoms with Crippen LogP contribution in [0.5, 0.6) is 0 Å². The number of aromatic amines is 1. The summed E-state index contributed by atoms with van der Waals surface area (Å²) in [6.07, 6.45) is 1.61. The second-order valence-electron chi connectivity index (χ2n) is 6.20. The first-order valence-electron chi connectivity index (χ1n) is 7.12. The molecule has 0 aliphatic rings. The molecule has 0 bridgehead atoms. The summed E-state index contributed by atoms with van der Waals surface area (Å²) in [5.41, 5.74) is 4.90. The Hall–Kier alpha value is -2.42. The van der Waals surface area contributed by atoms with Crippen molar-refractivity contribution in [3.05, 3.63) is 60.4 Å². The van der Waals surface area contributed by atoms with Gasteiger partial charge < -0.3 is 0 Å². The van der Waals surface area contributed by atoms with E-state index in [0.29, 0.717) is 0 Å². The zero-order valence-electron chi connectivity index (χ0n) is 12.6. The fraction of sp³-hybridized carbons (Fsp3) is 0.222. The lowest BCUT2D eigenvalue weighted by Crippen LogP contribution is -2.13. The van der Waals surface area contributed by atoms with E-state index in [2.05, 4.69) is 78.4 Å². The van der Waals surface area contributed by atoms with Crippen LogP contribution in [0.4, 0.5) is 0 Å². The normalized spacial score (nSPS) is 11.6. The van der Waals surface area contributed by atoms with Crippen molar-refractivity contribution in [2.24, 2.45) is 0 Å². The first-order chi connectivity index (χ1) is 10.1. The van der Waals surface area contributed by atoms with Gasteiger partial charge in [0.15, 0.2) is 5.82 Å². The van der Waals surface area contributed by atoms with Gasteiger partial charge in [-0.05, 0) is 28.2 Å². The van der Waals surface area contributed by atoms with Gasteiger partial charge in [-0.25, -0.2) is 4.98 Å². The SMILES string of the molecule is CC(C)(C)c1cc(-c2nc[nH]n2)ccc1-c1ccccc1. The second-order valence-corrected chi connectivity index (χ2v) is 6.20.